The van der Waals surface area contributed by atoms with Gasteiger partial charge in [0, 0.05) is 37.8 Å². The van der Waals surface area contributed by atoms with E-state index in [-0.39, 0.29) is 31.6 Å². The Morgan fingerprint density at radius 1 is 1.03 bits per heavy atom. The number of nitrogens with zero attached hydrogens (tertiary/aromatic N) is 1. The fourth-order valence-corrected chi connectivity index (χ4v) is 4.12. The fraction of sp³-hybridized carbons (Fsp3) is 0.200. The summed E-state index contributed by atoms with van der Waals surface area (Å²) in [6, 6.07) is 22.5. The molecule has 3 aromatic carbocycles. The second-order valence-electron chi connectivity index (χ2n) is 8.86. The first-order valence-electron chi connectivity index (χ1n) is 11.4. The van der Waals surface area contributed by atoms with Crippen LogP contribution in [0.25, 0.3) is 44.0 Å². The van der Waals surface area contributed by atoms with Crippen molar-refractivity contribution in [1.82, 2.24) is 4.98 Å². The van der Waals surface area contributed by atoms with Gasteiger partial charge in [0.2, 0.25) is 0 Å². The molecule has 1 N–H and O–H groups in total. The molecule has 0 aliphatic heterocycles. The number of para-hydroxylation sites is 1. The summed E-state index contributed by atoms with van der Waals surface area (Å²) in [6.45, 7) is 9.36. The smallest absolute Gasteiger partial charge is 0.155 e. The van der Waals surface area contributed by atoms with Gasteiger partial charge in [0.15, 0.2) is 5.78 Å². The summed E-state index contributed by atoms with van der Waals surface area (Å²) >= 11 is 0. The van der Waals surface area contributed by atoms with E-state index in [1.54, 1.807) is 0 Å². The van der Waals surface area contributed by atoms with Crippen LogP contribution in [0.4, 0.5) is 0 Å². The maximum atomic E-state index is 10.0. The monoisotopic (exact) mass is 643 g/mol. The molecular weight excluding hydrogens is 615 g/mol. The number of aliphatic hydroxyl groups is 1. The molecule has 5 aromatic rings. The van der Waals surface area contributed by atoms with Gasteiger partial charge in [-0.15, -0.1) is 17.7 Å². The summed E-state index contributed by atoms with van der Waals surface area (Å²) in [6.07, 6.45) is 3.05. The summed E-state index contributed by atoms with van der Waals surface area (Å²) in [4.78, 5) is 14.7. The number of hydrogen-bond donors (Lipinski definition) is 1. The van der Waals surface area contributed by atoms with Crippen molar-refractivity contribution in [2.45, 2.75) is 40.5 Å². The molecule has 0 saturated heterocycles. The molecule has 181 valence electrons. The minimum atomic E-state index is -0.125. The maximum absolute atomic E-state index is 10.0. The summed E-state index contributed by atoms with van der Waals surface area (Å²) in [5.74, 6) is 0.436. The summed E-state index contributed by atoms with van der Waals surface area (Å²) in [7, 11) is 0. The van der Waals surface area contributed by atoms with Crippen LogP contribution in [0.5, 0.6) is 0 Å². The SMILES string of the molecule is CC(=O)/C=C(/C)O.Cc1[c-]c(-c2nccc3cc(C(C)C)ccc23)c2oc3ccccc3c2c1.[Ir]. The molecule has 0 aliphatic rings. The predicted molar refractivity (Wildman–Crippen MR) is 139 cm³/mol. The number of carbonyl (C=O) groups excluding carboxylic acids is 1. The standard InChI is InChI=1S/C25H20NO.C5H8O2.Ir/c1-15(2)17-8-9-19-18(14-17)10-11-26-24(19)22-13-16(3)12-21-20-6-4-5-7-23(20)27-25(21)22;1-4(6)3-5(2)7;/h4-12,14-15H,1-3H3;3,6H,1-2H3;/q-1;;/b;4-3-;. The van der Waals surface area contributed by atoms with Crippen LogP contribution in [0.15, 0.2) is 77.0 Å². The summed E-state index contributed by atoms with van der Waals surface area (Å²) < 4.78 is 6.23. The zero-order chi connectivity index (χ0) is 24.4. The number of ketones is 1. The van der Waals surface area contributed by atoms with Gasteiger partial charge >= 0.3 is 0 Å². The average Bonchev–Trinajstić information content (AvgIpc) is 3.16. The van der Waals surface area contributed by atoms with Crippen LogP contribution in [-0.4, -0.2) is 15.9 Å². The van der Waals surface area contributed by atoms with Gasteiger partial charge in [-0.25, -0.2) is 0 Å². The third-order valence-electron chi connectivity index (χ3n) is 5.65. The Bertz CT molecular complexity index is 1540. The van der Waals surface area contributed by atoms with Gasteiger partial charge < -0.3 is 14.5 Å². The van der Waals surface area contributed by atoms with E-state index in [0.29, 0.717) is 5.92 Å². The molecule has 4 nitrogen and oxygen atoms in total. The van der Waals surface area contributed by atoms with Crippen LogP contribution in [0.1, 0.15) is 44.7 Å². The van der Waals surface area contributed by atoms with Gasteiger partial charge in [-0.1, -0.05) is 68.1 Å². The third-order valence-corrected chi connectivity index (χ3v) is 5.65. The number of aromatic nitrogens is 1. The minimum Gasteiger partial charge on any atom is -0.512 e. The first-order chi connectivity index (χ1) is 16.2. The molecule has 5 rings (SSSR count). The number of furan rings is 1. The van der Waals surface area contributed by atoms with Crippen molar-refractivity contribution in [3.05, 3.63) is 89.8 Å². The molecule has 0 atom stereocenters. The van der Waals surface area contributed by atoms with E-state index >= 15 is 0 Å². The molecule has 0 saturated carbocycles. The van der Waals surface area contributed by atoms with Crippen molar-refractivity contribution in [1.29, 1.82) is 0 Å². The maximum Gasteiger partial charge on any atom is 0.155 e. The van der Waals surface area contributed by atoms with Crippen LogP contribution in [-0.2, 0) is 24.9 Å². The van der Waals surface area contributed by atoms with Gasteiger partial charge in [-0.2, -0.15) is 0 Å². The van der Waals surface area contributed by atoms with E-state index in [2.05, 4.69) is 63.2 Å². The minimum absolute atomic E-state index is 0. The van der Waals surface area contributed by atoms with Gasteiger partial charge in [0.05, 0.1) is 11.3 Å². The molecule has 5 heteroatoms. The predicted octanol–water partition coefficient (Wildman–Crippen LogP) is 8.07. The Morgan fingerprint density at radius 2 is 1.77 bits per heavy atom. The molecular formula is C30H28IrNO3-. The van der Waals surface area contributed by atoms with Gasteiger partial charge in [0.25, 0.3) is 0 Å². The molecule has 0 amide bonds. The number of pyridine rings is 1. The van der Waals surface area contributed by atoms with Crippen LogP contribution in [0.2, 0.25) is 0 Å². The van der Waals surface area contributed by atoms with E-state index in [1.807, 2.05) is 24.4 Å². The topological polar surface area (TPSA) is 63.3 Å². The van der Waals surface area contributed by atoms with E-state index in [1.165, 1.54) is 30.9 Å². The molecule has 0 spiro atoms. The number of fused-ring (bicyclic) bond motifs is 4. The summed E-state index contributed by atoms with van der Waals surface area (Å²) in [5.41, 5.74) is 6.04. The molecule has 0 bridgehead atoms. The molecule has 0 fully saturated rings. The van der Waals surface area contributed by atoms with Crippen LogP contribution >= 0.6 is 0 Å². The number of aliphatic hydroxyl groups excluding tert-OH is 1. The Balaban J connectivity index is 0.000000378. The second kappa shape index (κ2) is 11.0. The Hall–Kier alpha value is -3.27. The largest absolute Gasteiger partial charge is 0.512 e. The number of hydrogen-bond acceptors (Lipinski definition) is 4. The number of benzene rings is 3. The number of rotatable bonds is 3. The van der Waals surface area contributed by atoms with E-state index in [0.717, 1.165) is 44.1 Å². The van der Waals surface area contributed by atoms with Crippen LogP contribution < -0.4 is 0 Å². The number of aryl methyl sites for hydroxylation is 1. The Labute approximate surface area is 219 Å². The van der Waals surface area contributed by atoms with Crippen molar-refractivity contribution in [2.75, 3.05) is 0 Å². The van der Waals surface area contributed by atoms with E-state index in [9.17, 15) is 4.79 Å². The average molecular weight is 643 g/mol. The van der Waals surface area contributed by atoms with Crippen LogP contribution in [0, 0.1) is 13.0 Å². The van der Waals surface area contributed by atoms with Crippen LogP contribution in [0.3, 0.4) is 0 Å². The quantitative estimate of drug-likeness (QED) is 0.123. The Kier molecular flexibility index (Phi) is 8.26. The first-order valence-corrected chi connectivity index (χ1v) is 11.4. The van der Waals surface area contributed by atoms with Crippen molar-refractivity contribution < 1.29 is 34.4 Å². The van der Waals surface area contributed by atoms with Crippen molar-refractivity contribution in [2.24, 2.45) is 0 Å². The number of carbonyl (C=O) groups is 1. The first kappa shape index (κ1) is 26.3. The Morgan fingerprint density at radius 3 is 2.43 bits per heavy atom. The normalized spacial score (nSPS) is 11.4. The third kappa shape index (κ3) is 5.70. The molecule has 0 aliphatic carbocycles. The molecule has 2 heterocycles. The fourth-order valence-electron chi connectivity index (χ4n) is 4.12. The molecule has 0 unspecified atom stereocenters. The zero-order valence-corrected chi connectivity index (χ0v) is 22.9. The van der Waals surface area contributed by atoms with Crippen molar-refractivity contribution >= 4 is 38.5 Å². The number of allylic oxidation sites excluding steroid dienone is 2. The summed E-state index contributed by atoms with van der Waals surface area (Å²) in [5, 5.41) is 12.9. The van der Waals surface area contributed by atoms with Gasteiger partial charge in [-0.3, -0.25) is 4.79 Å². The van der Waals surface area contributed by atoms with Gasteiger partial charge in [0.1, 0.15) is 5.58 Å². The molecule has 1 radical (unpaired) electrons. The van der Waals surface area contributed by atoms with E-state index < -0.39 is 0 Å². The van der Waals surface area contributed by atoms with E-state index in [4.69, 9.17) is 14.5 Å². The molecule has 35 heavy (non-hydrogen) atoms. The van der Waals surface area contributed by atoms with Crippen molar-refractivity contribution in [3.63, 3.8) is 0 Å². The second-order valence-corrected chi connectivity index (χ2v) is 8.86. The van der Waals surface area contributed by atoms with Gasteiger partial charge in [-0.05, 0) is 53.9 Å². The molecule has 2 aromatic heterocycles. The van der Waals surface area contributed by atoms with Crippen molar-refractivity contribution in [3.8, 4) is 11.3 Å². The zero-order valence-electron chi connectivity index (χ0n) is 20.5.